The normalized spacial score (nSPS) is 9.00. The lowest BCUT2D eigenvalue weighted by Gasteiger charge is -2.02. The highest BCUT2D eigenvalue weighted by Gasteiger charge is 1.97. The number of halogens is 2. The van der Waals surface area contributed by atoms with E-state index < -0.39 is 0 Å². The van der Waals surface area contributed by atoms with E-state index in [4.69, 9.17) is 11.5 Å². The lowest BCUT2D eigenvalue weighted by molar-refractivity contribution is 1.03. The molecule has 78 valence electrons. The van der Waals surface area contributed by atoms with Crippen LogP contribution in [0.2, 0.25) is 0 Å². The predicted octanol–water partition coefficient (Wildman–Crippen LogP) is 1.95. The van der Waals surface area contributed by atoms with Gasteiger partial charge in [-0.3, -0.25) is 0 Å². The Labute approximate surface area is 98.1 Å². The molecule has 1 rings (SSSR count). The molecule has 0 aliphatic carbocycles. The van der Waals surface area contributed by atoms with Gasteiger partial charge in [0, 0.05) is 4.47 Å². The van der Waals surface area contributed by atoms with Crippen LogP contribution >= 0.6 is 28.3 Å². The summed E-state index contributed by atoms with van der Waals surface area (Å²) < 4.78 is 1.04. The third-order valence-electron chi connectivity index (χ3n) is 1.74. The van der Waals surface area contributed by atoms with E-state index in [-0.39, 0.29) is 18.4 Å². The van der Waals surface area contributed by atoms with Crippen molar-refractivity contribution in [3.05, 3.63) is 33.8 Å². The van der Waals surface area contributed by atoms with Gasteiger partial charge in [-0.25, -0.2) is 4.99 Å². The number of benzene rings is 1. The Balaban J connectivity index is 0.00000169. The zero-order valence-electron chi connectivity index (χ0n) is 7.83. The minimum atomic E-state index is 0. The Morgan fingerprint density at radius 2 is 2.07 bits per heavy atom. The third-order valence-corrected chi connectivity index (χ3v) is 2.24. The van der Waals surface area contributed by atoms with Gasteiger partial charge < -0.3 is 11.5 Å². The molecule has 0 atom stereocenters. The van der Waals surface area contributed by atoms with E-state index in [1.165, 1.54) is 5.56 Å². The number of hydrogen-bond acceptors (Lipinski definition) is 1. The summed E-state index contributed by atoms with van der Waals surface area (Å²) in [6.07, 6.45) is 0. The van der Waals surface area contributed by atoms with Gasteiger partial charge in [-0.05, 0) is 30.2 Å². The van der Waals surface area contributed by atoms with Crippen LogP contribution in [0.4, 0.5) is 0 Å². The molecular weight excluding hydrogens is 265 g/mol. The van der Waals surface area contributed by atoms with Crippen LogP contribution in [0.1, 0.15) is 11.1 Å². The Morgan fingerprint density at radius 1 is 1.43 bits per heavy atom. The summed E-state index contributed by atoms with van der Waals surface area (Å²) in [6, 6.07) is 6.04. The molecule has 0 spiro atoms. The number of guanidine groups is 1. The minimum absolute atomic E-state index is 0. The molecule has 0 unspecified atom stereocenters. The van der Waals surface area contributed by atoms with E-state index in [2.05, 4.69) is 20.9 Å². The maximum Gasteiger partial charge on any atom is 0.186 e. The van der Waals surface area contributed by atoms with Crippen LogP contribution in [0.3, 0.4) is 0 Å². The maximum atomic E-state index is 5.24. The molecular formula is C9H13BrClN3. The molecule has 4 N–H and O–H groups in total. The number of aryl methyl sites for hydroxylation is 1. The Bertz CT molecular complexity index is 335. The summed E-state index contributed by atoms with van der Waals surface area (Å²) >= 11 is 3.39. The minimum Gasteiger partial charge on any atom is -0.370 e. The number of hydrogen-bond donors (Lipinski definition) is 2. The van der Waals surface area contributed by atoms with Crippen LogP contribution in [-0.2, 0) is 6.54 Å². The standard InChI is InChI=1S/C9H12BrN3.ClH/c1-6-2-3-8(10)4-7(6)5-13-9(11)12;/h2-4H,5H2,1H3,(H4,11,12,13);1H. The van der Waals surface area contributed by atoms with Crippen LogP contribution in [-0.4, -0.2) is 5.96 Å². The zero-order chi connectivity index (χ0) is 9.84. The molecule has 14 heavy (non-hydrogen) atoms. The molecule has 0 bridgehead atoms. The van der Waals surface area contributed by atoms with Crippen molar-refractivity contribution in [2.75, 3.05) is 0 Å². The van der Waals surface area contributed by atoms with Crippen molar-refractivity contribution in [3.8, 4) is 0 Å². The lowest BCUT2D eigenvalue weighted by atomic mass is 10.1. The van der Waals surface area contributed by atoms with Crippen molar-refractivity contribution in [2.45, 2.75) is 13.5 Å². The number of rotatable bonds is 2. The molecule has 0 aliphatic heterocycles. The zero-order valence-corrected chi connectivity index (χ0v) is 10.2. The first-order chi connectivity index (χ1) is 6.09. The molecule has 0 saturated carbocycles. The van der Waals surface area contributed by atoms with Crippen LogP contribution in [0.25, 0.3) is 0 Å². The quantitative estimate of drug-likeness (QED) is 0.641. The van der Waals surface area contributed by atoms with Crippen LogP contribution in [0.15, 0.2) is 27.7 Å². The molecule has 3 nitrogen and oxygen atoms in total. The van der Waals surface area contributed by atoms with E-state index in [0.29, 0.717) is 6.54 Å². The highest BCUT2D eigenvalue weighted by molar-refractivity contribution is 9.10. The van der Waals surface area contributed by atoms with Gasteiger partial charge >= 0.3 is 0 Å². The third kappa shape index (κ3) is 3.98. The summed E-state index contributed by atoms with van der Waals surface area (Å²) in [5.74, 6) is 0.124. The van der Waals surface area contributed by atoms with Crippen LogP contribution in [0, 0.1) is 6.92 Å². The summed E-state index contributed by atoms with van der Waals surface area (Å²) in [6.45, 7) is 2.57. The smallest absolute Gasteiger partial charge is 0.186 e. The Hall–Kier alpha value is -0.740. The fourth-order valence-electron chi connectivity index (χ4n) is 0.987. The maximum absolute atomic E-state index is 5.24. The average Bonchev–Trinajstić information content (AvgIpc) is 2.06. The molecule has 5 heteroatoms. The van der Waals surface area contributed by atoms with Crippen molar-refractivity contribution in [2.24, 2.45) is 16.5 Å². The Morgan fingerprint density at radius 3 is 2.64 bits per heavy atom. The molecule has 0 radical (unpaired) electrons. The fraction of sp³-hybridized carbons (Fsp3) is 0.222. The summed E-state index contributed by atoms with van der Waals surface area (Å²) in [5.41, 5.74) is 12.8. The van der Waals surface area contributed by atoms with E-state index >= 15 is 0 Å². The molecule has 0 amide bonds. The second-order valence-electron chi connectivity index (χ2n) is 2.81. The molecule has 0 heterocycles. The molecule has 1 aromatic rings. The van der Waals surface area contributed by atoms with Crippen molar-refractivity contribution in [1.82, 2.24) is 0 Å². The van der Waals surface area contributed by atoms with Gasteiger partial charge in [0.2, 0.25) is 0 Å². The van der Waals surface area contributed by atoms with Gasteiger partial charge in [0.1, 0.15) is 0 Å². The predicted molar refractivity (Wildman–Crippen MR) is 65.6 cm³/mol. The molecule has 0 aliphatic rings. The lowest BCUT2D eigenvalue weighted by Crippen LogP contribution is -2.22. The first kappa shape index (κ1) is 13.3. The first-order valence-electron chi connectivity index (χ1n) is 3.90. The largest absolute Gasteiger partial charge is 0.370 e. The molecule has 1 aromatic carbocycles. The fourth-order valence-corrected chi connectivity index (χ4v) is 1.40. The van der Waals surface area contributed by atoms with Gasteiger partial charge in [-0.15, -0.1) is 12.4 Å². The number of aliphatic imine (C=N–C) groups is 1. The topological polar surface area (TPSA) is 64.4 Å². The second kappa shape index (κ2) is 5.88. The first-order valence-corrected chi connectivity index (χ1v) is 4.69. The van der Waals surface area contributed by atoms with Gasteiger partial charge in [0.05, 0.1) is 6.54 Å². The SMILES string of the molecule is Cc1ccc(Br)cc1CN=C(N)N.Cl. The highest BCUT2D eigenvalue weighted by atomic mass is 79.9. The van der Waals surface area contributed by atoms with Crippen LogP contribution < -0.4 is 11.5 Å². The Kier molecular flexibility index (Phi) is 5.57. The monoisotopic (exact) mass is 277 g/mol. The molecule has 0 saturated heterocycles. The van der Waals surface area contributed by atoms with Gasteiger partial charge in [-0.2, -0.15) is 0 Å². The molecule has 0 fully saturated rings. The summed E-state index contributed by atoms with van der Waals surface area (Å²) in [5, 5.41) is 0. The van der Waals surface area contributed by atoms with Crippen molar-refractivity contribution in [1.29, 1.82) is 0 Å². The van der Waals surface area contributed by atoms with E-state index in [9.17, 15) is 0 Å². The van der Waals surface area contributed by atoms with E-state index in [1.54, 1.807) is 0 Å². The van der Waals surface area contributed by atoms with Gasteiger partial charge in [0.15, 0.2) is 5.96 Å². The van der Waals surface area contributed by atoms with E-state index in [1.807, 2.05) is 25.1 Å². The van der Waals surface area contributed by atoms with Crippen LogP contribution in [0.5, 0.6) is 0 Å². The van der Waals surface area contributed by atoms with Gasteiger partial charge in [-0.1, -0.05) is 22.0 Å². The van der Waals surface area contributed by atoms with E-state index in [0.717, 1.165) is 10.0 Å². The van der Waals surface area contributed by atoms with Gasteiger partial charge in [0.25, 0.3) is 0 Å². The van der Waals surface area contributed by atoms with Crippen molar-refractivity contribution < 1.29 is 0 Å². The second-order valence-corrected chi connectivity index (χ2v) is 3.73. The number of nitrogens with two attached hydrogens (primary N) is 2. The molecule has 0 aromatic heterocycles. The van der Waals surface area contributed by atoms with Crippen molar-refractivity contribution >= 4 is 34.3 Å². The number of nitrogens with zero attached hydrogens (tertiary/aromatic N) is 1. The average molecular weight is 279 g/mol. The highest BCUT2D eigenvalue weighted by Crippen LogP contribution is 2.16. The summed E-state index contributed by atoms with van der Waals surface area (Å²) in [7, 11) is 0. The summed E-state index contributed by atoms with van der Waals surface area (Å²) in [4.78, 5) is 3.95. The van der Waals surface area contributed by atoms with Crippen molar-refractivity contribution in [3.63, 3.8) is 0 Å².